The van der Waals surface area contributed by atoms with Crippen LogP contribution in [-0.2, 0) is 9.53 Å². The van der Waals surface area contributed by atoms with Crippen LogP contribution < -0.4 is 15.4 Å². The van der Waals surface area contributed by atoms with E-state index >= 15 is 0 Å². The van der Waals surface area contributed by atoms with Crippen molar-refractivity contribution in [1.29, 1.82) is 0 Å². The summed E-state index contributed by atoms with van der Waals surface area (Å²) in [6.07, 6.45) is 1.72. The molecule has 2 N–H and O–H groups in total. The Hall–Kier alpha value is -1.59. The standard InChI is InChI=1S/C16H24N2O3/c1-12-10-13(11-21-12)16(19)18(9-3-8-17)14-4-6-15(20-2)7-5-14/h4-7,12-13H,3,8-11,17H2,1-2H3. The van der Waals surface area contributed by atoms with Gasteiger partial charge < -0.3 is 20.1 Å². The zero-order valence-corrected chi connectivity index (χ0v) is 12.7. The molecule has 1 aliphatic rings. The molecule has 0 bridgehead atoms. The SMILES string of the molecule is COc1ccc(N(CCCN)C(=O)C2COC(C)C2)cc1. The van der Waals surface area contributed by atoms with Crippen LogP contribution in [0.4, 0.5) is 5.69 Å². The van der Waals surface area contributed by atoms with Crippen molar-refractivity contribution in [3.63, 3.8) is 0 Å². The van der Waals surface area contributed by atoms with Crippen LogP contribution in [0.15, 0.2) is 24.3 Å². The average Bonchev–Trinajstić information content (AvgIpc) is 2.94. The van der Waals surface area contributed by atoms with Gasteiger partial charge >= 0.3 is 0 Å². The smallest absolute Gasteiger partial charge is 0.232 e. The quantitative estimate of drug-likeness (QED) is 0.868. The van der Waals surface area contributed by atoms with Gasteiger partial charge in [0.25, 0.3) is 0 Å². The molecular weight excluding hydrogens is 268 g/mol. The van der Waals surface area contributed by atoms with E-state index in [0.717, 1.165) is 24.3 Å². The molecule has 1 heterocycles. The number of benzene rings is 1. The van der Waals surface area contributed by atoms with E-state index in [-0.39, 0.29) is 17.9 Å². The Morgan fingerprint density at radius 2 is 2.14 bits per heavy atom. The molecule has 5 heteroatoms. The van der Waals surface area contributed by atoms with E-state index in [1.807, 2.05) is 36.1 Å². The summed E-state index contributed by atoms with van der Waals surface area (Å²) < 4.78 is 10.7. The molecule has 1 aromatic carbocycles. The molecule has 116 valence electrons. The summed E-state index contributed by atoms with van der Waals surface area (Å²) in [4.78, 5) is 14.5. The number of nitrogens with zero attached hydrogens (tertiary/aromatic N) is 1. The van der Waals surface area contributed by atoms with Gasteiger partial charge in [0.05, 0.1) is 25.7 Å². The Balaban J connectivity index is 2.14. The fourth-order valence-corrected chi connectivity index (χ4v) is 2.59. The van der Waals surface area contributed by atoms with Gasteiger partial charge in [-0.1, -0.05) is 0 Å². The molecule has 0 aliphatic carbocycles. The summed E-state index contributed by atoms with van der Waals surface area (Å²) in [6, 6.07) is 7.55. The highest BCUT2D eigenvalue weighted by atomic mass is 16.5. The lowest BCUT2D eigenvalue weighted by Crippen LogP contribution is -2.38. The molecule has 2 rings (SSSR count). The van der Waals surface area contributed by atoms with E-state index < -0.39 is 0 Å². The maximum absolute atomic E-state index is 12.7. The minimum absolute atomic E-state index is 0.0557. The Morgan fingerprint density at radius 1 is 1.43 bits per heavy atom. The summed E-state index contributed by atoms with van der Waals surface area (Å²) in [5, 5.41) is 0. The summed E-state index contributed by atoms with van der Waals surface area (Å²) in [5.74, 6) is 0.848. The van der Waals surface area contributed by atoms with Crippen LogP contribution in [-0.4, -0.2) is 38.8 Å². The largest absolute Gasteiger partial charge is 0.497 e. The van der Waals surface area contributed by atoms with Crippen molar-refractivity contribution < 1.29 is 14.3 Å². The molecular formula is C16H24N2O3. The Labute approximate surface area is 126 Å². The Kier molecular flexibility index (Phi) is 5.59. The number of anilines is 1. The van der Waals surface area contributed by atoms with E-state index in [4.69, 9.17) is 15.2 Å². The van der Waals surface area contributed by atoms with Gasteiger partial charge in [0, 0.05) is 12.2 Å². The van der Waals surface area contributed by atoms with Gasteiger partial charge in [-0.3, -0.25) is 4.79 Å². The monoisotopic (exact) mass is 292 g/mol. The van der Waals surface area contributed by atoms with E-state index in [0.29, 0.717) is 19.7 Å². The van der Waals surface area contributed by atoms with E-state index in [2.05, 4.69) is 0 Å². The molecule has 2 unspecified atom stereocenters. The third-order valence-electron chi connectivity index (χ3n) is 3.78. The first-order valence-corrected chi connectivity index (χ1v) is 7.42. The van der Waals surface area contributed by atoms with Crippen molar-refractivity contribution in [2.24, 2.45) is 11.7 Å². The second-order valence-corrected chi connectivity index (χ2v) is 5.41. The van der Waals surface area contributed by atoms with Crippen LogP contribution in [0.1, 0.15) is 19.8 Å². The maximum Gasteiger partial charge on any atom is 0.232 e. The molecule has 1 aliphatic heterocycles. The lowest BCUT2D eigenvalue weighted by atomic mass is 10.0. The molecule has 5 nitrogen and oxygen atoms in total. The maximum atomic E-state index is 12.7. The van der Waals surface area contributed by atoms with Crippen molar-refractivity contribution in [2.75, 3.05) is 31.7 Å². The van der Waals surface area contributed by atoms with E-state index in [1.165, 1.54) is 0 Å². The molecule has 0 saturated carbocycles. The fraction of sp³-hybridized carbons (Fsp3) is 0.562. The first-order chi connectivity index (χ1) is 10.2. The van der Waals surface area contributed by atoms with Crippen molar-refractivity contribution >= 4 is 11.6 Å². The van der Waals surface area contributed by atoms with Crippen molar-refractivity contribution in [2.45, 2.75) is 25.9 Å². The highest BCUT2D eigenvalue weighted by molar-refractivity contribution is 5.95. The van der Waals surface area contributed by atoms with Crippen LogP contribution in [0.25, 0.3) is 0 Å². The number of carbonyl (C=O) groups excluding carboxylic acids is 1. The molecule has 0 radical (unpaired) electrons. The molecule has 1 fully saturated rings. The molecule has 1 saturated heterocycles. The highest BCUT2D eigenvalue weighted by Crippen LogP contribution is 2.26. The number of carbonyl (C=O) groups is 1. The van der Waals surface area contributed by atoms with Gasteiger partial charge in [-0.2, -0.15) is 0 Å². The lowest BCUT2D eigenvalue weighted by molar-refractivity contribution is -0.122. The third-order valence-corrected chi connectivity index (χ3v) is 3.78. The van der Waals surface area contributed by atoms with E-state index in [1.54, 1.807) is 7.11 Å². The minimum atomic E-state index is -0.0557. The fourth-order valence-electron chi connectivity index (χ4n) is 2.59. The third kappa shape index (κ3) is 3.95. The van der Waals surface area contributed by atoms with Gasteiger partial charge in [0.1, 0.15) is 5.75 Å². The normalized spacial score (nSPS) is 21.3. The number of rotatable bonds is 6. The number of nitrogens with two attached hydrogens (primary N) is 1. The molecule has 0 aromatic heterocycles. The predicted octanol–water partition coefficient (Wildman–Crippen LogP) is 1.80. The topological polar surface area (TPSA) is 64.8 Å². The number of ether oxygens (including phenoxy) is 2. The summed E-state index contributed by atoms with van der Waals surface area (Å²) in [5.41, 5.74) is 6.48. The minimum Gasteiger partial charge on any atom is -0.497 e. The number of amides is 1. The molecule has 21 heavy (non-hydrogen) atoms. The first kappa shape index (κ1) is 15.8. The summed E-state index contributed by atoms with van der Waals surface area (Å²) in [7, 11) is 1.63. The Morgan fingerprint density at radius 3 is 2.67 bits per heavy atom. The van der Waals surface area contributed by atoms with Gasteiger partial charge in [-0.05, 0) is 50.6 Å². The summed E-state index contributed by atoms with van der Waals surface area (Å²) in [6.45, 7) is 3.71. The highest BCUT2D eigenvalue weighted by Gasteiger charge is 2.32. The van der Waals surface area contributed by atoms with Crippen molar-refractivity contribution in [3.8, 4) is 5.75 Å². The zero-order valence-electron chi connectivity index (χ0n) is 12.7. The van der Waals surface area contributed by atoms with Gasteiger partial charge in [-0.15, -0.1) is 0 Å². The first-order valence-electron chi connectivity index (χ1n) is 7.42. The van der Waals surface area contributed by atoms with Gasteiger partial charge in [0.15, 0.2) is 0 Å². The number of methoxy groups -OCH3 is 1. The van der Waals surface area contributed by atoms with Crippen LogP contribution in [0.3, 0.4) is 0 Å². The molecule has 0 spiro atoms. The van der Waals surface area contributed by atoms with Gasteiger partial charge in [-0.25, -0.2) is 0 Å². The number of hydrogen-bond acceptors (Lipinski definition) is 4. The van der Waals surface area contributed by atoms with Gasteiger partial charge in [0.2, 0.25) is 5.91 Å². The van der Waals surface area contributed by atoms with E-state index in [9.17, 15) is 4.79 Å². The second-order valence-electron chi connectivity index (χ2n) is 5.41. The van der Waals surface area contributed by atoms with Crippen LogP contribution in [0, 0.1) is 5.92 Å². The van der Waals surface area contributed by atoms with Crippen molar-refractivity contribution in [3.05, 3.63) is 24.3 Å². The Bertz CT molecular complexity index is 461. The number of hydrogen-bond donors (Lipinski definition) is 1. The predicted molar refractivity (Wildman–Crippen MR) is 82.5 cm³/mol. The average molecular weight is 292 g/mol. The van der Waals surface area contributed by atoms with Crippen LogP contribution in [0.5, 0.6) is 5.75 Å². The van der Waals surface area contributed by atoms with Crippen LogP contribution >= 0.6 is 0 Å². The molecule has 1 amide bonds. The van der Waals surface area contributed by atoms with Crippen molar-refractivity contribution in [1.82, 2.24) is 0 Å². The zero-order chi connectivity index (χ0) is 15.2. The molecule has 1 aromatic rings. The second kappa shape index (κ2) is 7.43. The van der Waals surface area contributed by atoms with Crippen LogP contribution in [0.2, 0.25) is 0 Å². The lowest BCUT2D eigenvalue weighted by Gasteiger charge is -2.25. The summed E-state index contributed by atoms with van der Waals surface area (Å²) >= 11 is 0. The molecule has 2 atom stereocenters.